The Kier molecular flexibility index (Phi) is 27.6. The average Bonchev–Trinajstić information content (AvgIpc) is 0.742. The van der Waals surface area contributed by atoms with Crippen LogP contribution in [-0.4, -0.2) is 155 Å². The standard InChI is InChI=1S/C77H92N4O18S2/c1-10-16-33-94-35-21-31-80(77(88)54-23-19-18-20-24-54)46-55-37-51(7)39-63(74(55)96-48-70(82)83)65-41-53(9)42-66(76(65)98-50-72(86)87)64-40-52(8)38-56(75(64)97-49-71(84)85)47-81(32-22-36-95-34-17-11-2)100(89,90)59-27-30-62(69(45-59)101(91,92)93)73-60-28-25-57(78(12-3)13-4)43-67(60)99-68-44-58(26-29-61(68)73)79(14-5)15-6/h18-20,23-30,37-45H,10-17,21-22,31-36,46-50H2,1-9H3,(H3-,82,83,84,85,86,87,91,92,93)/p+1. The number of benzene rings is 7. The molecule has 22 nitrogen and oxygen atoms in total. The molecule has 0 bridgehead atoms. The maximum Gasteiger partial charge on any atom is 0.341 e. The lowest BCUT2D eigenvalue weighted by Gasteiger charge is -2.27. The van der Waals surface area contributed by atoms with Gasteiger partial charge in [-0.1, -0.05) is 63.1 Å². The van der Waals surface area contributed by atoms with Crippen molar-refractivity contribution in [2.45, 2.75) is 124 Å². The van der Waals surface area contributed by atoms with Crippen molar-refractivity contribution in [1.82, 2.24) is 13.8 Å². The Labute approximate surface area is 591 Å². The van der Waals surface area contributed by atoms with Crippen LogP contribution < -0.4 is 29.0 Å². The highest BCUT2D eigenvalue weighted by molar-refractivity contribution is 7.89. The monoisotopic (exact) mass is 1430 g/mol. The van der Waals surface area contributed by atoms with Crippen LogP contribution in [0.15, 0.2) is 136 Å². The number of amides is 1. The summed E-state index contributed by atoms with van der Waals surface area (Å²) in [4.78, 5) is 54.9. The number of hydrogen-bond donors (Lipinski definition) is 4. The Morgan fingerprint density at radius 3 is 1.55 bits per heavy atom. The largest absolute Gasteiger partial charge is 0.481 e. The topological polar surface area (TPSA) is 289 Å². The Morgan fingerprint density at radius 2 is 1.03 bits per heavy atom. The zero-order chi connectivity index (χ0) is 73.1. The highest BCUT2D eigenvalue weighted by Crippen LogP contribution is 2.49. The molecule has 1 amide bonds. The van der Waals surface area contributed by atoms with Crippen molar-refractivity contribution in [2.24, 2.45) is 0 Å². The Morgan fingerprint density at radius 1 is 0.525 bits per heavy atom. The van der Waals surface area contributed by atoms with Gasteiger partial charge >= 0.3 is 17.9 Å². The minimum absolute atomic E-state index is 0.00736. The maximum atomic E-state index is 15.8. The lowest BCUT2D eigenvalue weighted by Crippen LogP contribution is -2.33. The van der Waals surface area contributed by atoms with Gasteiger partial charge in [-0.3, -0.25) is 9.35 Å². The van der Waals surface area contributed by atoms with E-state index in [1.807, 2.05) is 71.0 Å². The summed E-state index contributed by atoms with van der Waals surface area (Å²) in [5.74, 6) is -4.22. The molecule has 0 spiro atoms. The van der Waals surface area contributed by atoms with Crippen molar-refractivity contribution < 1.29 is 84.0 Å². The van der Waals surface area contributed by atoms with Gasteiger partial charge in [-0.25, -0.2) is 27.4 Å². The van der Waals surface area contributed by atoms with Gasteiger partial charge in [0.25, 0.3) is 16.0 Å². The van der Waals surface area contributed by atoms with E-state index in [0.29, 0.717) is 108 Å². The van der Waals surface area contributed by atoms with Gasteiger partial charge in [0, 0.05) is 145 Å². The van der Waals surface area contributed by atoms with E-state index < -0.39 is 74.2 Å². The van der Waals surface area contributed by atoms with Crippen LogP contribution in [0.4, 0.5) is 5.69 Å². The van der Waals surface area contributed by atoms with Crippen LogP contribution in [0.5, 0.6) is 17.2 Å². The summed E-state index contributed by atoms with van der Waals surface area (Å²) >= 11 is 0. The quantitative estimate of drug-likeness (QED) is 0.0120. The number of fused-ring (bicyclic) bond motifs is 2. The summed E-state index contributed by atoms with van der Waals surface area (Å²) in [6.45, 7) is 18.2. The lowest BCUT2D eigenvalue weighted by molar-refractivity contribution is -0.140. The minimum Gasteiger partial charge on any atom is -0.481 e. The molecule has 0 saturated carbocycles. The summed E-state index contributed by atoms with van der Waals surface area (Å²) in [7, 11) is -10.1. The maximum absolute atomic E-state index is 15.8. The third-order valence-corrected chi connectivity index (χ3v) is 20.0. The van der Waals surface area contributed by atoms with E-state index in [-0.39, 0.29) is 89.2 Å². The summed E-state index contributed by atoms with van der Waals surface area (Å²) in [6, 6.07) is 33.5. The summed E-state index contributed by atoms with van der Waals surface area (Å²) in [5.41, 5.74) is 5.40. The summed E-state index contributed by atoms with van der Waals surface area (Å²) in [6.07, 6.45) is 3.97. The number of rotatable bonds is 39. The Hall–Kier alpha value is -9.17. The van der Waals surface area contributed by atoms with Crippen LogP contribution >= 0.6 is 0 Å². The molecule has 0 atom stereocenters. The van der Waals surface area contributed by atoms with Crippen molar-refractivity contribution in [2.75, 3.05) is 90.4 Å². The van der Waals surface area contributed by atoms with E-state index in [0.717, 1.165) is 47.1 Å². The van der Waals surface area contributed by atoms with E-state index in [1.165, 1.54) is 12.1 Å². The Bertz CT molecular complexity index is 4530. The van der Waals surface area contributed by atoms with Crippen LogP contribution in [0.25, 0.3) is 55.7 Å². The van der Waals surface area contributed by atoms with Gasteiger partial charge in [-0.05, 0) is 158 Å². The normalized spacial score (nSPS) is 11.7. The van der Waals surface area contributed by atoms with Crippen molar-refractivity contribution in [1.29, 1.82) is 0 Å². The molecule has 6 aromatic carbocycles. The molecule has 101 heavy (non-hydrogen) atoms. The van der Waals surface area contributed by atoms with E-state index >= 15 is 8.42 Å². The highest BCUT2D eigenvalue weighted by Gasteiger charge is 2.33. The van der Waals surface area contributed by atoms with Crippen molar-refractivity contribution in [3.63, 3.8) is 0 Å². The van der Waals surface area contributed by atoms with Crippen molar-refractivity contribution >= 4 is 60.6 Å². The molecule has 0 fully saturated rings. The number of hydrogen-bond acceptors (Lipinski definition) is 15. The summed E-state index contributed by atoms with van der Waals surface area (Å²) in [5, 5.41) is 32.2. The number of carbonyl (C=O) groups excluding carboxylic acids is 1. The molecule has 0 radical (unpaired) electrons. The predicted octanol–water partition coefficient (Wildman–Crippen LogP) is 13.0. The molecule has 1 aliphatic carbocycles. The van der Waals surface area contributed by atoms with E-state index in [1.54, 1.807) is 92.4 Å². The number of nitrogens with zero attached hydrogens (tertiary/aromatic N) is 4. The first-order valence-corrected chi connectivity index (χ1v) is 37.1. The number of carboxylic acid groups (broad SMARTS) is 3. The molecule has 6 aromatic rings. The first kappa shape index (κ1) is 77.6. The van der Waals surface area contributed by atoms with Gasteiger partial charge in [-0.15, -0.1) is 0 Å². The molecule has 1 heterocycles. The number of sulfonamides is 1. The second-order valence-corrected chi connectivity index (χ2v) is 28.1. The van der Waals surface area contributed by atoms with Crippen LogP contribution in [0.2, 0.25) is 0 Å². The van der Waals surface area contributed by atoms with Gasteiger partial charge in [0.2, 0.25) is 15.4 Å². The van der Waals surface area contributed by atoms with Gasteiger partial charge in [0.15, 0.2) is 19.8 Å². The van der Waals surface area contributed by atoms with Crippen LogP contribution in [0.3, 0.4) is 0 Å². The molecule has 0 saturated heterocycles. The predicted molar refractivity (Wildman–Crippen MR) is 388 cm³/mol. The second-order valence-electron chi connectivity index (χ2n) is 24.7. The van der Waals surface area contributed by atoms with Crippen LogP contribution in [-0.2, 0) is 57.1 Å². The number of carboxylic acids is 3. The fraction of sp³-hybridized carbons (Fsp3) is 0.390. The molecule has 2 aliphatic rings. The highest BCUT2D eigenvalue weighted by atomic mass is 32.2. The zero-order valence-corrected chi connectivity index (χ0v) is 60.6. The fourth-order valence-corrected chi connectivity index (χ4v) is 14.7. The molecule has 4 N–H and O–H groups in total. The van der Waals surface area contributed by atoms with Crippen molar-refractivity contribution in [3.05, 3.63) is 160 Å². The van der Waals surface area contributed by atoms with Crippen LogP contribution in [0, 0.1) is 20.8 Å². The third kappa shape index (κ3) is 19.7. The number of unbranched alkanes of at least 4 members (excludes halogenated alkanes) is 2. The smallest absolute Gasteiger partial charge is 0.341 e. The zero-order valence-electron chi connectivity index (χ0n) is 59.0. The molecule has 24 heteroatoms. The number of ether oxygens (including phenoxy) is 5. The van der Waals surface area contributed by atoms with Crippen LogP contribution in [0.1, 0.15) is 118 Å². The number of aryl methyl sites for hydroxylation is 3. The summed E-state index contributed by atoms with van der Waals surface area (Å²) < 4.78 is 112. The van der Waals surface area contributed by atoms with E-state index in [9.17, 15) is 47.5 Å². The fourth-order valence-electron chi connectivity index (χ4n) is 12.5. The molecular formula is C77H93N4O18S2+. The number of anilines is 1. The average molecular weight is 1430 g/mol. The van der Waals surface area contributed by atoms with E-state index in [2.05, 4.69) is 16.4 Å². The molecule has 1 aliphatic heterocycles. The molecule has 540 valence electrons. The first-order valence-electron chi connectivity index (χ1n) is 34.3. The van der Waals surface area contributed by atoms with E-state index in [4.69, 9.17) is 28.1 Å². The molecule has 0 unspecified atom stereocenters. The Balaban J connectivity index is 1.32. The first-order chi connectivity index (χ1) is 48.3. The van der Waals surface area contributed by atoms with Crippen molar-refractivity contribution in [3.8, 4) is 62.0 Å². The molecule has 0 aromatic heterocycles. The number of carbonyl (C=O) groups is 4. The number of aliphatic carboxylic acids is 3. The molecular weight excluding hydrogens is 1330 g/mol. The molecule has 8 rings (SSSR count). The second kappa shape index (κ2) is 35.9. The SMILES string of the molecule is CCCCOCCCN(Cc1cc(C)cc(-c2cc(C)cc(-c3cc(C)cc(CN(CCCOCCCC)S(=O)(=O)c4ccc(-c5c6ccc(=[N+](CC)CC)cc-6oc6cc(N(CC)CC)ccc56)c(S(=O)(=O)O)c4)c3OCC(=O)O)c2OCC(=O)O)c1OCC(=O)O)C(=O)c1ccccc1. The van der Waals surface area contributed by atoms with Gasteiger partial charge in [-0.2, -0.15) is 12.7 Å². The third-order valence-electron chi connectivity index (χ3n) is 17.3. The minimum atomic E-state index is -5.25. The van der Waals surface area contributed by atoms with Gasteiger partial charge in [0.1, 0.15) is 46.6 Å². The van der Waals surface area contributed by atoms with Gasteiger partial charge in [0.05, 0.1) is 11.0 Å². The van der Waals surface area contributed by atoms with Gasteiger partial charge < -0.3 is 53.2 Å². The lowest BCUT2D eigenvalue weighted by atomic mass is 9.90.